The highest BCUT2D eigenvalue weighted by atomic mass is 19.1. The summed E-state index contributed by atoms with van der Waals surface area (Å²) in [6, 6.07) is 5.08. The highest BCUT2D eigenvalue weighted by molar-refractivity contribution is 5.55. The molecule has 1 aliphatic rings. The molecule has 0 bridgehead atoms. The molecule has 2 N–H and O–H groups in total. The van der Waals surface area contributed by atoms with Gasteiger partial charge >= 0.3 is 0 Å². The van der Waals surface area contributed by atoms with Crippen LogP contribution in [0.5, 0.6) is 0 Å². The summed E-state index contributed by atoms with van der Waals surface area (Å²) in [5.74, 6) is 0.941. The van der Waals surface area contributed by atoms with Crippen molar-refractivity contribution in [2.75, 3.05) is 0 Å². The van der Waals surface area contributed by atoms with Crippen molar-refractivity contribution in [1.29, 1.82) is 0 Å². The standard InChI is InChI=1S/C12H12FN3O/c13-10-5-8(3-4-9(10)7-1-2-7)12-15-11(6-14)17-16-12/h3-5,7H,1-2,6,14H2. The molecule has 4 nitrogen and oxygen atoms in total. The number of aromatic nitrogens is 2. The highest BCUT2D eigenvalue weighted by Gasteiger charge is 2.26. The Morgan fingerprint density at radius 2 is 2.24 bits per heavy atom. The van der Waals surface area contributed by atoms with Crippen molar-refractivity contribution >= 4 is 0 Å². The number of nitrogens with zero attached hydrogens (tertiary/aromatic N) is 2. The zero-order chi connectivity index (χ0) is 11.8. The fourth-order valence-corrected chi connectivity index (χ4v) is 1.85. The molecule has 5 heteroatoms. The molecule has 88 valence electrons. The molecule has 1 aromatic heterocycles. The molecule has 0 radical (unpaired) electrons. The molecule has 0 saturated heterocycles. The molecule has 17 heavy (non-hydrogen) atoms. The monoisotopic (exact) mass is 233 g/mol. The normalized spacial score (nSPS) is 15.2. The lowest BCUT2D eigenvalue weighted by Crippen LogP contribution is -1.95. The van der Waals surface area contributed by atoms with Gasteiger partial charge in [0.25, 0.3) is 0 Å². The zero-order valence-electron chi connectivity index (χ0n) is 9.19. The average Bonchev–Trinajstić information content (AvgIpc) is 3.06. The van der Waals surface area contributed by atoms with Gasteiger partial charge in [-0.15, -0.1) is 0 Å². The maximum atomic E-state index is 13.8. The second-order valence-electron chi connectivity index (χ2n) is 4.23. The minimum absolute atomic E-state index is 0.190. The first-order valence-corrected chi connectivity index (χ1v) is 5.60. The predicted molar refractivity (Wildman–Crippen MR) is 59.6 cm³/mol. The molecular formula is C12H12FN3O. The average molecular weight is 233 g/mol. The van der Waals surface area contributed by atoms with Gasteiger partial charge in [0.2, 0.25) is 11.7 Å². The summed E-state index contributed by atoms with van der Waals surface area (Å²) in [4.78, 5) is 4.06. The third kappa shape index (κ3) is 1.93. The van der Waals surface area contributed by atoms with Crippen LogP contribution in [0.4, 0.5) is 4.39 Å². The van der Waals surface area contributed by atoms with E-state index in [1.54, 1.807) is 6.07 Å². The van der Waals surface area contributed by atoms with Crippen LogP contribution in [-0.4, -0.2) is 10.1 Å². The number of hydrogen-bond acceptors (Lipinski definition) is 4. The van der Waals surface area contributed by atoms with E-state index in [-0.39, 0.29) is 12.4 Å². The van der Waals surface area contributed by atoms with E-state index >= 15 is 0 Å². The van der Waals surface area contributed by atoms with Crippen molar-refractivity contribution in [3.63, 3.8) is 0 Å². The SMILES string of the molecule is NCc1nc(-c2ccc(C3CC3)c(F)c2)no1. The van der Waals surface area contributed by atoms with Crippen LogP contribution in [0.1, 0.15) is 30.2 Å². The van der Waals surface area contributed by atoms with E-state index < -0.39 is 0 Å². The van der Waals surface area contributed by atoms with Gasteiger partial charge in [-0.05, 0) is 30.4 Å². The molecule has 1 aliphatic carbocycles. The van der Waals surface area contributed by atoms with E-state index in [4.69, 9.17) is 10.3 Å². The first kappa shape index (κ1) is 10.4. The minimum Gasteiger partial charge on any atom is -0.338 e. The quantitative estimate of drug-likeness (QED) is 0.882. The van der Waals surface area contributed by atoms with Crippen LogP contribution in [0, 0.1) is 5.82 Å². The van der Waals surface area contributed by atoms with E-state index in [9.17, 15) is 4.39 Å². The molecule has 2 aromatic rings. The molecule has 1 heterocycles. The van der Waals surface area contributed by atoms with Gasteiger partial charge in [-0.25, -0.2) is 4.39 Å². The summed E-state index contributed by atoms with van der Waals surface area (Å²) in [6.07, 6.45) is 2.16. The Morgan fingerprint density at radius 3 is 2.82 bits per heavy atom. The number of nitrogens with two attached hydrogens (primary N) is 1. The Balaban J connectivity index is 1.95. The Morgan fingerprint density at radius 1 is 1.41 bits per heavy atom. The lowest BCUT2D eigenvalue weighted by molar-refractivity contribution is 0.380. The molecule has 0 unspecified atom stereocenters. The Kier molecular flexibility index (Phi) is 2.40. The second-order valence-corrected chi connectivity index (χ2v) is 4.23. The van der Waals surface area contributed by atoms with E-state index in [0.29, 0.717) is 23.2 Å². The molecule has 0 spiro atoms. The Hall–Kier alpha value is -1.75. The van der Waals surface area contributed by atoms with Crippen LogP contribution in [0.15, 0.2) is 22.7 Å². The maximum absolute atomic E-state index is 13.8. The van der Waals surface area contributed by atoms with E-state index in [2.05, 4.69) is 10.1 Å². The van der Waals surface area contributed by atoms with Gasteiger partial charge in [-0.1, -0.05) is 17.3 Å². The molecule has 3 rings (SSSR count). The summed E-state index contributed by atoms with van der Waals surface area (Å²) < 4.78 is 18.7. The van der Waals surface area contributed by atoms with Crippen LogP contribution in [0.2, 0.25) is 0 Å². The largest absolute Gasteiger partial charge is 0.338 e. The molecule has 1 aromatic carbocycles. The molecule has 0 aliphatic heterocycles. The van der Waals surface area contributed by atoms with Gasteiger partial charge in [-0.3, -0.25) is 0 Å². The topological polar surface area (TPSA) is 64.9 Å². The van der Waals surface area contributed by atoms with Gasteiger partial charge in [0.05, 0.1) is 6.54 Å². The number of hydrogen-bond donors (Lipinski definition) is 1. The molecular weight excluding hydrogens is 221 g/mol. The van der Waals surface area contributed by atoms with Crippen LogP contribution < -0.4 is 5.73 Å². The number of halogens is 1. The molecule has 0 atom stereocenters. The maximum Gasteiger partial charge on any atom is 0.240 e. The first-order valence-electron chi connectivity index (χ1n) is 5.60. The van der Waals surface area contributed by atoms with Gasteiger partial charge < -0.3 is 10.3 Å². The molecule has 1 fully saturated rings. The number of benzene rings is 1. The summed E-state index contributed by atoms with van der Waals surface area (Å²) in [5.41, 5.74) is 6.78. The van der Waals surface area contributed by atoms with Gasteiger partial charge in [0.1, 0.15) is 5.82 Å². The lowest BCUT2D eigenvalue weighted by atomic mass is 10.1. The molecule has 0 amide bonds. The van der Waals surface area contributed by atoms with Gasteiger partial charge in [0.15, 0.2) is 0 Å². The summed E-state index contributed by atoms with van der Waals surface area (Å²) >= 11 is 0. The van der Waals surface area contributed by atoms with E-state index in [1.165, 1.54) is 6.07 Å². The fraction of sp³-hybridized carbons (Fsp3) is 0.333. The zero-order valence-corrected chi connectivity index (χ0v) is 9.19. The summed E-state index contributed by atoms with van der Waals surface area (Å²) in [7, 11) is 0. The Bertz CT molecular complexity index is 548. The van der Waals surface area contributed by atoms with Crippen molar-refractivity contribution in [3.8, 4) is 11.4 Å². The third-order valence-corrected chi connectivity index (χ3v) is 2.92. The summed E-state index contributed by atoms with van der Waals surface area (Å²) in [5, 5.41) is 3.76. The van der Waals surface area contributed by atoms with Crippen molar-refractivity contribution in [1.82, 2.24) is 10.1 Å². The van der Waals surface area contributed by atoms with Crippen molar-refractivity contribution in [3.05, 3.63) is 35.5 Å². The van der Waals surface area contributed by atoms with Crippen molar-refractivity contribution in [2.24, 2.45) is 5.73 Å². The minimum atomic E-state index is -0.191. The highest BCUT2D eigenvalue weighted by Crippen LogP contribution is 2.41. The second kappa shape index (κ2) is 3.92. The van der Waals surface area contributed by atoms with E-state index in [1.807, 2.05) is 6.07 Å². The van der Waals surface area contributed by atoms with E-state index in [0.717, 1.165) is 18.4 Å². The predicted octanol–water partition coefficient (Wildman–Crippen LogP) is 2.21. The first-order chi connectivity index (χ1) is 8.28. The Labute approximate surface area is 97.6 Å². The van der Waals surface area contributed by atoms with Crippen LogP contribution in [0.25, 0.3) is 11.4 Å². The van der Waals surface area contributed by atoms with Crippen molar-refractivity contribution < 1.29 is 8.91 Å². The lowest BCUT2D eigenvalue weighted by Gasteiger charge is -2.01. The van der Waals surface area contributed by atoms with Crippen LogP contribution in [0.3, 0.4) is 0 Å². The smallest absolute Gasteiger partial charge is 0.240 e. The van der Waals surface area contributed by atoms with Gasteiger partial charge in [0, 0.05) is 5.56 Å². The number of rotatable bonds is 3. The van der Waals surface area contributed by atoms with Crippen LogP contribution >= 0.6 is 0 Å². The summed E-state index contributed by atoms with van der Waals surface area (Å²) in [6.45, 7) is 0.190. The third-order valence-electron chi connectivity index (χ3n) is 2.92. The van der Waals surface area contributed by atoms with Gasteiger partial charge in [-0.2, -0.15) is 4.98 Å². The van der Waals surface area contributed by atoms with Crippen molar-refractivity contribution in [2.45, 2.75) is 25.3 Å². The fourth-order valence-electron chi connectivity index (χ4n) is 1.85. The van der Waals surface area contributed by atoms with Crippen LogP contribution in [-0.2, 0) is 6.54 Å². The molecule has 1 saturated carbocycles.